The molecule has 0 spiro atoms. The minimum Gasteiger partial charge on any atom is -0.470 e. The summed E-state index contributed by atoms with van der Waals surface area (Å²) < 4.78 is 36.4. The molecule has 4 aromatic heterocycles. The second-order valence-electron chi connectivity index (χ2n) is 15.0. The Kier molecular flexibility index (Phi) is 11.8. The molecule has 290 valence electrons. The summed E-state index contributed by atoms with van der Waals surface area (Å²) in [5.41, 5.74) is 0.787. The highest BCUT2D eigenvalue weighted by molar-refractivity contribution is 6.31. The van der Waals surface area contributed by atoms with Gasteiger partial charge in [-0.15, -0.1) is 0 Å². The molecule has 0 radical (unpaired) electrons. The van der Waals surface area contributed by atoms with Crippen LogP contribution in [-0.2, 0) is 25.4 Å². The van der Waals surface area contributed by atoms with Gasteiger partial charge in [-0.3, -0.25) is 9.97 Å². The van der Waals surface area contributed by atoms with Gasteiger partial charge in [0.15, 0.2) is 11.0 Å². The highest BCUT2D eigenvalue weighted by Crippen LogP contribution is 2.33. The summed E-state index contributed by atoms with van der Waals surface area (Å²) >= 11 is 13.4. The summed E-state index contributed by atoms with van der Waals surface area (Å²) in [6, 6.07) is 1.59. The first-order valence-corrected chi connectivity index (χ1v) is 18.4. The zero-order valence-corrected chi connectivity index (χ0v) is 32.8. The minimum absolute atomic E-state index is 0.0854. The van der Waals surface area contributed by atoms with E-state index in [1.165, 1.54) is 18.6 Å². The van der Waals surface area contributed by atoms with Crippen molar-refractivity contribution in [2.45, 2.75) is 90.5 Å². The van der Waals surface area contributed by atoms with Crippen molar-refractivity contribution in [2.24, 2.45) is 0 Å². The standard InChI is InChI=1S/C36H44Cl2N8O8/c1-20(24-18-45(12-14-49-24)33(47)53-35(2,3)4)51-32-29-27(40-10-11-42-29)21(30(38)44-32)16-23(25-19-46(13-15-50-25)34(48)54-36(5,6)7)52-31-28-22(17-26(37)43-31)39-8-9-41-28/h8-11,17,20,23-25H,12-16,18-19H2,1-7H3/t20-,23+,24+,25+/m0/s1. The predicted molar refractivity (Wildman–Crippen MR) is 198 cm³/mol. The molecular weight excluding hydrogens is 743 g/mol. The number of ether oxygens (including phenoxy) is 6. The number of amides is 2. The maximum atomic E-state index is 13.2. The van der Waals surface area contributed by atoms with Crippen molar-refractivity contribution in [3.63, 3.8) is 0 Å². The molecule has 4 aromatic rings. The number of nitrogens with zero attached hydrogens (tertiary/aromatic N) is 8. The van der Waals surface area contributed by atoms with Crippen LogP contribution in [0.3, 0.4) is 0 Å². The number of fused-ring (bicyclic) bond motifs is 2. The third-order valence-corrected chi connectivity index (χ3v) is 8.93. The van der Waals surface area contributed by atoms with Crippen molar-refractivity contribution >= 4 is 57.5 Å². The molecular formula is C36H44Cl2N8O8. The summed E-state index contributed by atoms with van der Waals surface area (Å²) in [5.74, 6) is 0.257. The maximum absolute atomic E-state index is 13.2. The first-order chi connectivity index (χ1) is 25.5. The van der Waals surface area contributed by atoms with Crippen LogP contribution in [-0.4, -0.2) is 127 Å². The van der Waals surface area contributed by atoms with Crippen LogP contribution in [0, 0.1) is 0 Å². The van der Waals surface area contributed by atoms with Crippen LogP contribution in [0.5, 0.6) is 11.8 Å². The largest absolute Gasteiger partial charge is 0.470 e. The molecule has 16 nitrogen and oxygen atoms in total. The van der Waals surface area contributed by atoms with Crippen LogP contribution in [0.25, 0.3) is 22.1 Å². The van der Waals surface area contributed by atoms with Crippen LogP contribution >= 0.6 is 23.2 Å². The Morgan fingerprint density at radius 2 is 1.31 bits per heavy atom. The number of pyridine rings is 2. The van der Waals surface area contributed by atoms with Gasteiger partial charge in [-0.05, 0) is 48.5 Å². The van der Waals surface area contributed by atoms with Crippen LogP contribution in [0.15, 0.2) is 30.9 Å². The van der Waals surface area contributed by atoms with Crippen LogP contribution < -0.4 is 9.47 Å². The van der Waals surface area contributed by atoms with Gasteiger partial charge in [-0.25, -0.2) is 19.6 Å². The van der Waals surface area contributed by atoms with Gasteiger partial charge in [0, 0.05) is 55.9 Å². The van der Waals surface area contributed by atoms with Crippen LogP contribution in [0.4, 0.5) is 9.59 Å². The Bertz CT molecular complexity index is 1990. The molecule has 2 amide bonds. The molecule has 0 unspecified atom stereocenters. The van der Waals surface area contributed by atoms with E-state index in [9.17, 15) is 9.59 Å². The smallest absolute Gasteiger partial charge is 0.410 e. The van der Waals surface area contributed by atoms with E-state index >= 15 is 0 Å². The summed E-state index contributed by atoms with van der Waals surface area (Å²) in [4.78, 5) is 56.2. The molecule has 4 atom stereocenters. The molecule has 0 bridgehead atoms. The summed E-state index contributed by atoms with van der Waals surface area (Å²) in [7, 11) is 0. The summed E-state index contributed by atoms with van der Waals surface area (Å²) in [5, 5.41) is 0.238. The fourth-order valence-corrected chi connectivity index (χ4v) is 6.40. The molecule has 0 aromatic carbocycles. The topological polar surface area (TPSA) is 173 Å². The molecule has 2 saturated heterocycles. The monoisotopic (exact) mass is 786 g/mol. The zero-order chi connectivity index (χ0) is 38.8. The van der Waals surface area contributed by atoms with E-state index in [-0.39, 0.29) is 48.2 Å². The zero-order valence-electron chi connectivity index (χ0n) is 31.2. The fraction of sp³-hybridized carbons (Fsp3) is 0.556. The van der Waals surface area contributed by atoms with E-state index < -0.39 is 47.8 Å². The predicted octanol–water partition coefficient (Wildman–Crippen LogP) is 5.70. The molecule has 0 saturated carbocycles. The van der Waals surface area contributed by atoms with Crippen LogP contribution in [0.2, 0.25) is 10.3 Å². The molecule has 0 N–H and O–H groups in total. The Morgan fingerprint density at radius 1 is 0.778 bits per heavy atom. The van der Waals surface area contributed by atoms with Crippen molar-refractivity contribution in [3.05, 3.63) is 46.7 Å². The van der Waals surface area contributed by atoms with E-state index in [2.05, 4.69) is 29.9 Å². The first-order valence-electron chi connectivity index (χ1n) is 17.6. The molecule has 2 fully saturated rings. The second kappa shape index (κ2) is 16.2. The van der Waals surface area contributed by atoms with Gasteiger partial charge in [0.1, 0.15) is 51.4 Å². The van der Waals surface area contributed by atoms with E-state index in [1.54, 1.807) is 22.1 Å². The molecule has 6 heterocycles. The lowest BCUT2D eigenvalue weighted by atomic mass is 10.0. The quantitative estimate of drug-likeness (QED) is 0.199. The number of carbonyl (C=O) groups is 2. The number of morpholine rings is 2. The first kappa shape index (κ1) is 39.3. The van der Waals surface area contributed by atoms with Gasteiger partial charge in [0.25, 0.3) is 0 Å². The Hall–Kier alpha value is -4.38. The molecule has 54 heavy (non-hydrogen) atoms. The molecule has 6 rings (SSSR count). The van der Waals surface area contributed by atoms with Gasteiger partial charge in [0.2, 0.25) is 11.8 Å². The SMILES string of the molecule is C[C@H](Oc1nc(Cl)c(C[C@@H](Oc2nc(Cl)cc3nccnc23)[C@H]2CN(C(=O)OC(C)(C)C)CCO2)c2nccnc12)[C@H]1CN(C(=O)OC(C)(C)C)CCO1. The number of hydrogen-bond acceptors (Lipinski definition) is 14. The van der Waals surface area contributed by atoms with Crippen molar-refractivity contribution in [3.8, 4) is 11.8 Å². The Morgan fingerprint density at radius 3 is 1.94 bits per heavy atom. The molecule has 18 heteroatoms. The number of carbonyl (C=O) groups excluding carboxylic acids is 2. The van der Waals surface area contributed by atoms with E-state index in [4.69, 9.17) is 51.6 Å². The van der Waals surface area contributed by atoms with Crippen molar-refractivity contribution in [1.82, 2.24) is 39.7 Å². The maximum Gasteiger partial charge on any atom is 0.410 e. The van der Waals surface area contributed by atoms with Crippen molar-refractivity contribution in [2.75, 3.05) is 39.4 Å². The highest BCUT2D eigenvalue weighted by Gasteiger charge is 2.37. The third-order valence-electron chi connectivity index (χ3n) is 8.42. The lowest BCUT2D eigenvalue weighted by Crippen LogP contribution is -2.53. The Balaban J connectivity index is 1.30. The average molecular weight is 788 g/mol. The van der Waals surface area contributed by atoms with Gasteiger partial charge >= 0.3 is 12.2 Å². The summed E-state index contributed by atoms with van der Waals surface area (Å²) in [6.07, 6.45) is 2.76. The van der Waals surface area contributed by atoms with Gasteiger partial charge in [-0.1, -0.05) is 23.2 Å². The van der Waals surface area contributed by atoms with Crippen LogP contribution in [0.1, 0.15) is 54.0 Å². The van der Waals surface area contributed by atoms with Crippen molar-refractivity contribution < 1.29 is 38.0 Å². The van der Waals surface area contributed by atoms with Gasteiger partial charge in [-0.2, -0.15) is 9.97 Å². The summed E-state index contributed by atoms with van der Waals surface area (Å²) in [6.45, 7) is 14.3. The average Bonchev–Trinajstić information content (AvgIpc) is 3.11. The molecule has 0 aliphatic carbocycles. The van der Waals surface area contributed by atoms with Gasteiger partial charge < -0.3 is 38.2 Å². The number of hydrogen-bond donors (Lipinski definition) is 0. The second-order valence-corrected chi connectivity index (χ2v) is 15.7. The highest BCUT2D eigenvalue weighted by atomic mass is 35.5. The van der Waals surface area contributed by atoms with Crippen molar-refractivity contribution in [1.29, 1.82) is 0 Å². The van der Waals surface area contributed by atoms with Gasteiger partial charge in [0.05, 0.1) is 31.8 Å². The lowest BCUT2D eigenvalue weighted by molar-refractivity contribution is -0.0825. The fourth-order valence-electron chi connectivity index (χ4n) is 5.97. The van der Waals surface area contributed by atoms with E-state index in [1.807, 2.05) is 48.5 Å². The Labute approximate surface area is 322 Å². The lowest BCUT2D eigenvalue weighted by Gasteiger charge is -2.37. The minimum atomic E-state index is -0.823. The third kappa shape index (κ3) is 9.64. The molecule has 2 aliphatic rings. The number of aromatic nitrogens is 6. The van der Waals surface area contributed by atoms with E-state index in [0.717, 1.165) is 0 Å². The molecule has 2 aliphatic heterocycles. The number of rotatable bonds is 8. The number of halogens is 2. The van der Waals surface area contributed by atoms with E-state index in [0.29, 0.717) is 47.3 Å². The normalized spacial score (nSPS) is 19.4.